The van der Waals surface area contributed by atoms with Crippen molar-refractivity contribution in [3.05, 3.63) is 11.1 Å². The summed E-state index contributed by atoms with van der Waals surface area (Å²) in [5, 5.41) is 25.3. The molecule has 0 amide bonds. The molecule has 0 heterocycles. The predicted octanol–water partition coefficient (Wildman–Crippen LogP) is 8.13. The van der Waals surface area contributed by atoms with E-state index >= 15 is 0 Å². The van der Waals surface area contributed by atoms with Crippen LogP contribution in [0.4, 0.5) is 0 Å². The molecule has 0 radical (unpaired) electrons. The zero-order valence-corrected chi connectivity index (χ0v) is 32.2. The Bertz CT molecular complexity index is 1380. The van der Waals surface area contributed by atoms with E-state index in [2.05, 4.69) is 53.8 Å². The Hall–Kier alpha value is -1.73. The molecular formula is C42H67NO6. The number of aliphatic hydroxyl groups excluding tert-OH is 1. The molecule has 0 aromatic carbocycles. The molecule has 0 spiro atoms. The van der Waals surface area contributed by atoms with Crippen molar-refractivity contribution >= 4 is 17.7 Å². The molecule has 9 atom stereocenters. The third-order valence-electron chi connectivity index (χ3n) is 16.5. The van der Waals surface area contributed by atoms with Crippen molar-refractivity contribution < 1.29 is 29.3 Å². The van der Waals surface area contributed by atoms with E-state index in [9.17, 15) is 24.6 Å². The predicted molar refractivity (Wildman–Crippen MR) is 192 cm³/mol. The van der Waals surface area contributed by atoms with Gasteiger partial charge < -0.3 is 20.3 Å². The lowest BCUT2D eigenvalue weighted by molar-refractivity contribution is -0.235. The van der Waals surface area contributed by atoms with Gasteiger partial charge in [0.25, 0.3) is 0 Å². The lowest BCUT2D eigenvalue weighted by Gasteiger charge is -2.72. The quantitative estimate of drug-likeness (QED) is 0.200. The molecule has 7 heteroatoms. The van der Waals surface area contributed by atoms with Crippen molar-refractivity contribution in [2.75, 3.05) is 13.1 Å². The fraction of sp³-hybridized carbons (Fsp3) is 0.881. The van der Waals surface area contributed by atoms with Gasteiger partial charge in [0.15, 0.2) is 5.78 Å². The average molecular weight is 682 g/mol. The van der Waals surface area contributed by atoms with Gasteiger partial charge >= 0.3 is 11.9 Å². The zero-order chi connectivity index (χ0) is 35.9. The maximum atomic E-state index is 13.9. The first-order valence-corrected chi connectivity index (χ1v) is 19.8. The number of carbonyl (C=O) groups is 3. The van der Waals surface area contributed by atoms with E-state index in [-0.39, 0.29) is 45.9 Å². The van der Waals surface area contributed by atoms with Crippen LogP contribution in [0.5, 0.6) is 0 Å². The van der Waals surface area contributed by atoms with Gasteiger partial charge in [0.1, 0.15) is 6.10 Å². The average Bonchev–Trinajstić information content (AvgIpc) is 3.29. The van der Waals surface area contributed by atoms with E-state index in [1.807, 2.05) is 0 Å². The van der Waals surface area contributed by atoms with Crippen LogP contribution in [0.3, 0.4) is 0 Å². The van der Waals surface area contributed by atoms with Crippen molar-refractivity contribution in [2.45, 2.75) is 158 Å². The Morgan fingerprint density at radius 2 is 1.61 bits per heavy atom. The van der Waals surface area contributed by atoms with Gasteiger partial charge in [-0.25, -0.2) is 0 Å². The highest BCUT2D eigenvalue weighted by atomic mass is 16.5. The highest BCUT2D eigenvalue weighted by Crippen LogP contribution is 2.77. The van der Waals surface area contributed by atoms with Crippen LogP contribution in [-0.2, 0) is 19.1 Å². The lowest BCUT2D eigenvalue weighted by atomic mass is 9.33. The van der Waals surface area contributed by atoms with Gasteiger partial charge in [-0.1, -0.05) is 60.5 Å². The van der Waals surface area contributed by atoms with Crippen LogP contribution in [0.2, 0.25) is 0 Å². The van der Waals surface area contributed by atoms with Crippen LogP contribution in [0.1, 0.15) is 146 Å². The Balaban J connectivity index is 1.26. The number of hydrogen-bond donors (Lipinski definition) is 3. The summed E-state index contributed by atoms with van der Waals surface area (Å²) >= 11 is 0. The standard InChI is InChI=1S/C42H67NO6/c1-25(2)34-28(44)21-42(31(45)24-43-23-26-11-10-12-26)20-19-40(8)27(35(34)42)13-14-30-39(7)17-16-32(49-33(46)22-37(3,4)36(47)48)38(5,6)29(39)15-18-41(30,40)9/h25-27,29-32,43,45H,10-24H2,1-9H3,(H,47,48)/t27-,29?,30?,31-,32+,39+,40-,41-,42+/m1/s1. The molecule has 6 aliphatic carbocycles. The second-order valence-electron chi connectivity index (χ2n) is 20.0. The number of aliphatic carboxylic acids is 1. The number of nitrogens with one attached hydrogen (secondary N) is 1. The molecule has 0 bridgehead atoms. The van der Waals surface area contributed by atoms with Crippen LogP contribution in [0.15, 0.2) is 11.1 Å². The summed E-state index contributed by atoms with van der Waals surface area (Å²) in [5.74, 6) is 0.977. The van der Waals surface area contributed by atoms with Crippen LogP contribution < -0.4 is 5.32 Å². The second-order valence-corrected chi connectivity index (χ2v) is 20.0. The normalized spacial score (nSPS) is 40.9. The molecule has 0 aromatic heterocycles. The maximum Gasteiger partial charge on any atom is 0.309 e. The third kappa shape index (κ3) is 5.60. The summed E-state index contributed by atoms with van der Waals surface area (Å²) < 4.78 is 6.16. The molecule has 49 heavy (non-hydrogen) atoms. The van der Waals surface area contributed by atoms with Gasteiger partial charge in [-0.3, -0.25) is 14.4 Å². The Labute approximate surface area is 296 Å². The van der Waals surface area contributed by atoms with Crippen molar-refractivity contribution in [3.63, 3.8) is 0 Å². The van der Waals surface area contributed by atoms with E-state index in [1.54, 1.807) is 13.8 Å². The first-order valence-electron chi connectivity index (χ1n) is 19.8. The number of Topliss-reactive ketones (excluding diaryl/α,β-unsaturated/α-hetero) is 1. The van der Waals surface area contributed by atoms with Crippen molar-refractivity contribution in [2.24, 2.45) is 62.1 Å². The van der Waals surface area contributed by atoms with Crippen LogP contribution >= 0.6 is 0 Å². The van der Waals surface area contributed by atoms with Gasteiger partial charge in [0.2, 0.25) is 0 Å². The summed E-state index contributed by atoms with van der Waals surface area (Å²) in [7, 11) is 0. The highest BCUT2D eigenvalue weighted by Gasteiger charge is 2.70. The van der Waals surface area contributed by atoms with Crippen molar-refractivity contribution in [1.82, 2.24) is 5.32 Å². The molecular weight excluding hydrogens is 614 g/mol. The van der Waals surface area contributed by atoms with E-state index in [0.717, 1.165) is 69.4 Å². The highest BCUT2D eigenvalue weighted by molar-refractivity contribution is 6.00. The van der Waals surface area contributed by atoms with Gasteiger partial charge in [-0.15, -0.1) is 0 Å². The van der Waals surface area contributed by atoms with Crippen molar-refractivity contribution in [3.8, 4) is 0 Å². The van der Waals surface area contributed by atoms with E-state index in [1.165, 1.54) is 24.8 Å². The number of ketones is 1. The van der Waals surface area contributed by atoms with Crippen molar-refractivity contribution in [1.29, 1.82) is 0 Å². The number of hydrogen-bond acceptors (Lipinski definition) is 6. The van der Waals surface area contributed by atoms with E-state index < -0.39 is 28.9 Å². The second kappa shape index (κ2) is 12.5. The summed E-state index contributed by atoms with van der Waals surface area (Å²) in [6.07, 6.45) is 11.5. The minimum absolute atomic E-state index is 0.0302. The number of carboxylic acid groups (broad SMARTS) is 1. The molecule has 0 aromatic rings. The zero-order valence-electron chi connectivity index (χ0n) is 32.2. The van der Waals surface area contributed by atoms with E-state index in [0.29, 0.717) is 30.7 Å². The molecule has 2 unspecified atom stereocenters. The number of esters is 1. The SMILES string of the molecule is CC(C)C1=C2[C@H]3CCC4[C@@]5(C)CC[C@H](OC(=O)CC(C)(C)C(=O)O)C(C)(C)C5CC[C@@]4(C)[C@]3(C)CC[C@@]2([C@H](O)CNCC2CCC2)CC1=O. The molecule has 5 saturated carbocycles. The van der Waals surface area contributed by atoms with Crippen LogP contribution in [0.25, 0.3) is 0 Å². The van der Waals surface area contributed by atoms with Gasteiger partial charge in [0.05, 0.1) is 17.9 Å². The first kappa shape index (κ1) is 37.0. The molecule has 0 saturated heterocycles. The van der Waals surface area contributed by atoms with Crippen LogP contribution in [-0.4, -0.2) is 53.2 Å². The number of allylic oxidation sites excluding steroid dienone is 1. The summed E-state index contributed by atoms with van der Waals surface area (Å²) in [6, 6.07) is 0. The maximum absolute atomic E-state index is 13.9. The summed E-state index contributed by atoms with van der Waals surface area (Å²) in [5.41, 5.74) is 0.760. The molecule has 7 nitrogen and oxygen atoms in total. The monoisotopic (exact) mass is 681 g/mol. The molecule has 6 rings (SSSR count). The smallest absolute Gasteiger partial charge is 0.309 e. The minimum atomic E-state index is -1.15. The summed E-state index contributed by atoms with van der Waals surface area (Å²) in [6.45, 7) is 21.3. The summed E-state index contributed by atoms with van der Waals surface area (Å²) in [4.78, 5) is 38.7. The number of carbonyl (C=O) groups excluding carboxylic acids is 2. The fourth-order valence-electron chi connectivity index (χ4n) is 13.2. The van der Waals surface area contributed by atoms with Gasteiger partial charge in [-0.05, 0) is 136 Å². The number of fused-ring (bicyclic) bond motifs is 7. The Kier molecular flexibility index (Phi) is 9.41. The number of aliphatic hydroxyl groups is 1. The fourth-order valence-corrected chi connectivity index (χ4v) is 13.2. The van der Waals surface area contributed by atoms with Gasteiger partial charge in [0, 0.05) is 23.8 Å². The lowest BCUT2D eigenvalue weighted by Crippen LogP contribution is -2.66. The molecule has 276 valence electrons. The largest absolute Gasteiger partial charge is 0.481 e. The minimum Gasteiger partial charge on any atom is -0.481 e. The van der Waals surface area contributed by atoms with E-state index in [4.69, 9.17) is 4.74 Å². The molecule has 6 aliphatic rings. The Morgan fingerprint density at radius 3 is 2.22 bits per heavy atom. The topological polar surface area (TPSA) is 113 Å². The molecule has 5 fully saturated rings. The first-order chi connectivity index (χ1) is 22.7. The number of ether oxygens (including phenoxy) is 1. The Morgan fingerprint density at radius 1 is 0.918 bits per heavy atom. The number of rotatable bonds is 10. The van der Waals surface area contributed by atoms with Gasteiger partial charge in [-0.2, -0.15) is 0 Å². The third-order valence-corrected chi connectivity index (χ3v) is 16.5. The number of carboxylic acids is 1. The molecule has 3 N–H and O–H groups in total. The van der Waals surface area contributed by atoms with Crippen LogP contribution in [0, 0.1) is 62.1 Å². The molecule has 0 aliphatic heterocycles.